The van der Waals surface area contributed by atoms with Gasteiger partial charge in [0, 0.05) is 69.8 Å². The van der Waals surface area contributed by atoms with E-state index in [-0.39, 0.29) is 85.8 Å². The number of benzene rings is 2. The van der Waals surface area contributed by atoms with Gasteiger partial charge in [0.15, 0.2) is 34.6 Å². The van der Waals surface area contributed by atoms with Gasteiger partial charge in [0.05, 0.1) is 11.0 Å². The molecule has 0 saturated carbocycles. The van der Waals surface area contributed by atoms with Crippen molar-refractivity contribution in [3.05, 3.63) is 128 Å². The van der Waals surface area contributed by atoms with E-state index in [1.165, 1.54) is 29.2 Å². The molecule has 16 nitrogen and oxygen atoms in total. The summed E-state index contributed by atoms with van der Waals surface area (Å²) in [6, 6.07) is 12.6. The lowest BCUT2D eigenvalue weighted by atomic mass is 9.92. The molecule has 82 heavy (non-hydrogen) atoms. The summed E-state index contributed by atoms with van der Waals surface area (Å²) in [5, 5.41) is 5.86. The number of rotatable bonds is 7. The molecule has 4 fully saturated rings. The number of aromatic nitrogens is 6. The van der Waals surface area contributed by atoms with Gasteiger partial charge in [0.25, 0.3) is 0 Å². The van der Waals surface area contributed by atoms with Crippen LogP contribution in [0.5, 0.6) is 0 Å². The van der Waals surface area contributed by atoms with Crippen molar-refractivity contribution in [2.75, 3.05) is 57.3 Å². The molecule has 0 aliphatic carbocycles. The minimum absolute atomic E-state index is 0. The summed E-state index contributed by atoms with van der Waals surface area (Å²) in [7, 11) is 0. The van der Waals surface area contributed by atoms with Gasteiger partial charge < -0.3 is 25.3 Å². The lowest BCUT2D eigenvalue weighted by molar-refractivity contribution is -0.163. The highest BCUT2D eigenvalue weighted by Gasteiger charge is 2.41. The Hall–Kier alpha value is -5.94. The molecule has 8 heterocycles. The van der Waals surface area contributed by atoms with Gasteiger partial charge in [0.1, 0.15) is 19.1 Å². The Morgan fingerprint density at radius 3 is 1.55 bits per heavy atom. The fraction of sp³-hybridized carbons (Fsp3) is 0.491. The van der Waals surface area contributed by atoms with Crippen LogP contribution in [-0.2, 0) is 9.59 Å². The lowest BCUT2D eigenvalue weighted by Gasteiger charge is -2.34. The first-order valence-corrected chi connectivity index (χ1v) is 27.3. The first kappa shape index (κ1) is 65.2. The molecular weight excluding hydrogens is 1260 g/mol. The summed E-state index contributed by atoms with van der Waals surface area (Å²) in [5.41, 5.74) is 2.26. The predicted molar refractivity (Wildman–Crippen MR) is 300 cm³/mol. The minimum atomic E-state index is -4.72. The molecule has 4 aliphatic heterocycles. The number of piperidine rings is 2. The number of amides is 4. The van der Waals surface area contributed by atoms with Crippen LogP contribution in [0.3, 0.4) is 0 Å². The van der Waals surface area contributed by atoms with E-state index in [4.69, 9.17) is 1.37 Å². The number of carbonyl (C=O) groups is 3. The van der Waals surface area contributed by atoms with Crippen molar-refractivity contribution < 1.29 is 59.7 Å². The number of hydrogen-bond acceptors (Lipinski definition) is 8. The number of nitrogens with one attached hydrogen (secondary N) is 4. The Morgan fingerprint density at radius 1 is 0.646 bits per heavy atom. The highest BCUT2D eigenvalue weighted by atomic mass is 127. The minimum Gasteiger partial charge on any atom is -0.333 e. The second-order valence-corrected chi connectivity index (χ2v) is 19.9. The van der Waals surface area contributed by atoms with Gasteiger partial charge >= 0.3 is 29.8 Å². The molecular formula is C53H62Cl2F10IN11O5. The quantitative estimate of drug-likeness (QED) is 0.0691. The van der Waals surface area contributed by atoms with Crippen molar-refractivity contribution in [3.63, 3.8) is 0 Å². The van der Waals surface area contributed by atoms with Crippen LogP contribution in [0.15, 0.2) is 82.6 Å². The molecule has 0 spiro atoms. The number of hydrogen-bond donors (Lipinski definition) is 4. The van der Waals surface area contributed by atoms with Crippen molar-refractivity contribution >= 4 is 87.6 Å². The van der Waals surface area contributed by atoms with E-state index in [1.54, 1.807) is 36.0 Å². The fourth-order valence-corrected chi connectivity index (χ4v) is 10.8. The number of pyridine rings is 2. The molecule has 0 bridgehead atoms. The van der Waals surface area contributed by atoms with E-state index < -0.39 is 96.9 Å². The van der Waals surface area contributed by atoms with Crippen LogP contribution >= 0.6 is 47.4 Å². The summed E-state index contributed by atoms with van der Waals surface area (Å²) in [5.74, 6) is -8.02. The zero-order valence-corrected chi connectivity index (χ0v) is 47.8. The Balaban J connectivity index is 0.000000246. The molecule has 4 aliphatic rings. The average Bonchev–Trinajstić information content (AvgIpc) is 4.13. The zero-order valence-electron chi connectivity index (χ0n) is 45.1. The number of H-pyrrole nitrogens is 2. The summed E-state index contributed by atoms with van der Waals surface area (Å²) >= 11 is 1.96. The molecule has 0 radical (unpaired) electrons. The van der Waals surface area contributed by atoms with Gasteiger partial charge in [0.2, 0.25) is 11.8 Å². The van der Waals surface area contributed by atoms with Gasteiger partial charge in [-0.3, -0.25) is 28.7 Å². The van der Waals surface area contributed by atoms with E-state index >= 15 is 0 Å². The third kappa shape index (κ3) is 16.7. The Bertz CT molecular complexity index is 3250. The number of likely N-dealkylation sites (tertiary alicyclic amines) is 3. The Morgan fingerprint density at radius 2 is 1.09 bits per heavy atom. The number of nitrogens with zero attached hydrogens (tertiary/aromatic N) is 7. The van der Waals surface area contributed by atoms with Crippen LogP contribution in [0.25, 0.3) is 22.3 Å². The smallest absolute Gasteiger partial charge is 0.333 e. The SMILES string of the molecule is C[C@@H]1CC[C@@H](c2cccc(F)c2F)CN(CC(F)(F)F)C1=O.Cl.Cl.O=C(N[C@@H]1CC[C@@H](c2cccc(F)c2F)CN(CC(F)(F)F)C1=O)N1CCC(n2c(=O)[nH]c3ncccc32)CC1.O=c1[nH]c2ncccc2n1C1CCNCC1.[2H]CI. The van der Waals surface area contributed by atoms with Gasteiger partial charge in [-0.25, -0.2) is 41.9 Å². The number of fused-ring (bicyclic) bond motifs is 2. The van der Waals surface area contributed by atoms with Crippen LogP contribution in [0.2, 0.25) is 0 Å². The standard InChI is InChI=1S/C26H27F5N6O3.C15H16F5NO.C11H14N4O.CH3I.2ClH/c27-18-4-1-3-17(21(18)28)15-6-7-19(23(38)36(13-15)14-26(29,30)31)33-24(39)35-11-8-16(9-12-35)37-20-5-2-10-32-22(20)34-25(37)40;1-9-5-6-10(11-3-2-4-12(16)13(11)17)7-21(14(9)22)8-15(18,19)20;16-11-14-10-9(2-1-5-13-10)15(11)8-3-6-12-7-4-8;1-2;;/h1-5,10,15-16,19H,6-9,11-14H2,(H,33,39)(H,32,34,40);2-4,9-10H,5-8H2,1H3;1-2,5,8,12H,3-4,6-7H2,(H,13,14,16);1H3;2*1H/t15-,19-;9-,10-;;;;/m11..../s1/i;;;1D;;. The zero-order chi connectivity index (χ0) is 58.8. The average molecular weight is 1320 g/mol. The van der Waals surface area contributed by atoms with Crippen LogP contribution in [0.4, 0.5) is 48.7 Å². The van der Waals surface area contributed by atoms with Crippen molar-refractivity contribution in [2.24, 2.45) is 5.92 Å². The number of urea groups is 1. The maximum Gasteiger partial charge on any atom is 0.406 e. The summed E-state index contributed by atoms with van der Waals surface area (Å²) in [4.78, 5) is 79.6. The van der Waals surface area contributed by atoms with Crippen LogP contribution < -0.4 is 22.0 Å². The van der Waals surface area contributed by atoms with Crippen molar-refractivity contribution in [3.8, 4) is 0 Å². The third-order valence-corrected chi connectivity index (χ3v) is 14.6. The third-order valence-electron chi connectivity index (χ3n) is 14.6. The van der Waals surface area contributed by atoms with Crippen molar-refractivity contribution in [1.29, 1.82) is 0 Å². The summed E-state index contributed by atoms with van der Waals surface area (Å²) in [6.07, 6.45) is -2.41. The van der Waals surface area contributed by atoms with Gasteiger partial charge in [-0.15, -0.1) is 24.8 Å². The number of aromatic amines is 2. The fourth-order valence-electron chi connectivity index (χ4n) is 10.8. The first-order chi connectivity index (χ1) is 38.5. The van der Waals surface area contributed by atoms with Crippen LogP contribution in [-0.4, -0.2) is 137 Å². The summed E-state index contributed by atoms with van der Waals surface area (Å²) < 4.78 is 143. The second kappa shape index (κ2) is 29.5. The molecule has 0 unspecified atom stereocenters. The molecule has 2 aromatic carbocycles. The number of halogens is 13. The Labute approximate surface area is 491 Å². The van der Waals surface area contributed by atoms with E-state index in [0.717, 1.165) is 43.6 Å². The highest BCUT2D eigenvalue weighted by molar-refractivity contribution is 14.1. The largest absolute Gasteiger partial charge is 0.406 e. The predicted octanol–water partition coefficient (Wildman–Crippen LogP) is 10.1. The van der Waals surface area contributed by atoms with Gasteiger partial charge in [-0.1, -0.05) is 53.8 Å². The van der Waals surface area contributed by atoms with E-state index in [2.05, 4.69) is 30.6 Å². The number of alkyl halides is 7. The lowest BCUT2D eigenvalue weighted by Crippen LogP contribution is -2.54. The monoisotopic (exact) mass is 1320 g/mol. The normalized spacial score (nSPS) is 20.3. The second-order valence-electron chi connectivity index (χ2n) is 19.9. The molecule has 4 saturated heterocycles. The molecule has 4 N–H and O–H groups in total. The van der Waals surface area contributed by atoms with Crippen LogP contribution in [0, 0.1) is 29.2 Å². The van der Waals surface area contributed by atoms with E-state index in [1.807, 2.05) is 39.3 Å². The summed E-state index contributed by atoms with van der Waals surface area (Å²) in [6.45, 7) is 0.326. The molecule has 29 heteroatoms. The topological polar surface area (TPSA) is 186 Å². The van der Waals surface area contributed by atoms with Crippen molar-refractivity contribution in [2.45, 2.75) is 101 Å². The maximum atomic E-state index is 14.5. The van der Waals surface area contributed by atoms with Crippen LogP contribution in [0.1, 0.15) is 94.7 Å². The van der Waals surface area contributed by atoms with Crippen molar-refractivity contribution in [1.82, 2.24) is 54.4 Å². The Kier molecular flexibility index (Phi) is 23.5. The van der Waals surface area contributed by atoms with E-state index in [0.29, 0.717) is 63.2 Å². The number of carbonyl (C=O) groups excluding carboxylic acids is 3. The molecule has 4 aromatic heterocycles. The van der Waals surface area contributed by atoms with Gasteiger partial charge in [-0.2, -0.15) is 26.3 Å². The molecule has 450 valence electrons. The molecule has 6 aromatic rings. The van der Waals surface area contributed by atoms with E-state index in [9.17, 15) is 67.9 Å². The number of imidazole rings is 2. The molecule has 10 rings (SSSR count). The molecule has 4 amide bonds. The molecule has 4 atom stereocenters. The highest BCUT2D eigenvalue weighted by Crippen LogP contribution is 2.35. The first-order valence-electron chi connectivity index (χ1n) is 26.5. The maximum absolute atomic E-state index is 14.5. The van der Waals surface area contributed by atoms with Gasteiger partial charge in [-0.05, 0) is 117 Å².